The van der Waals surface area contributed by atoms with Crippen LogP contribution in [0.25, 0.3) is 0 Å². The Bertz CT molecular complexity index is 1710. The van der Waals surface area contributed by atoms with Gasteiger partial charge in [-0.25, -0.2) is 0 Å². The molecule has 304 valence electrons. The fraction of sp³-hybridized carbons (Fsp3) is 0.517. The Labute approximate surface area is 315 Å². The predicted molar refractivity (Wildman–Crippen MR) is 195 cm³/mol. The van der Waals surface area contributed by atoms with Crippen LogP contribution < -0.4 is 61.0 Å². The van der Waals surface area contributed by atoms with E-state index >= 15 is 0 Å². The molecule has 0 aliphatic heterocycles. The lowest BCUT2D eigenvalue weighted by Crippen LogP contribution is -2.58. The van der Waals surface area contributed by atoms with Gasteiger partial charge in [0.2, 0.25) is 29.5 Å². The smallest absolute Gasteiger partial charge is 0.303 e. The maximum atomic E-state index is 13.7. The summed E-state index contributed by atoms with van der Waals surface area (Å²) in [7, 11) is 0. The maximum Gasteiger partial charge on any atom is 0.303 e. The Hall–Kier alpha value is -6.86. The molecule has 0 bridgehead atoms. The average molecular weight is 784 g/mol. The van der Waals surface area contributed by atoms with Crippen LogP contribution in [0.5, 0.6) is 0 Å². The molecule has 0 radical (unpaired) electrons. The number of nitro benzene ring substituents is 2. The first-order chi connectivity index (χ1) is 26.6. The van der Waals surface area contributed by atoms with Crippen molar-refractivity contribution in [2.24, 2.45) is 44.4 Å². The number of carbonyl (C=O) groups is 6. The second-order valence-corrected chi connectivity index (χ2v) is 11.7. The molecule has 1 aromatic carbocycles. The first-order valence-electron chi connectivity index (χ1n) is 17.3. The zero-order valence-corrected chi connectivity index (χ0v) is 29.7. The lowest BCUT2D eigenvalue weighted by Gasteiger charge is -2.25. The SMILES string of the molecule is [2H]N(C(=O)[C@H](CCCN=C(N)N)NC(=O)[C@H](C)N([2H])C(=O)[C@@H](N)CNc1ccc([N+](=O)[O-])cc1[N+](=O)[O-])[C@H](CCC(=O)O)C(=O)N[C@@H](CCCN=C(N)N)C(N)=O. The van der Waals surface area contributed by atoms with Crippen LogP contribution >= 0.6 is 0 Å². The van der Waals surface area contributed by atoms with E-state index in [4.69, 9.17) is 37.2 Å². The first-order valence-corrected chi connectivity index (χ1v) is 16.4. The normalized spacial score (nSPS) is 13.8. The third-order valence-corrected chi connectivity index (χ3v) is 7.30. The highest BCUT2D eigenvalue weighted by Gasteiger charge is 2.31. The Morgan fingerprint density at radius 3 is 1.87 bits per heavy atom. The van der Waals surface area contributed by atoms with Crippen LogP contribution in [-0.4, -0.2) is 112 Å². The van der Waals surface area contributed by atoms with Crippen molar-refractivity contribution in [1.82, 2.24) is 21.3 Å². The molecule has 0 unspecified atom stereocenters. The fourth-order valence-corrected chi connectivity index (χ4v) is 4.45. The molecule has 0 heterocycles. The zero-order valence-electron chi connectivity index (χ0n) is 31.7. The maximum absolute atomic E-state index is 13.7. The van der Waals surface area contributed by atoms with E-state index in [1.54, 1.807) is 0 Å². The summed E-state index contributed by atoms with van der Waals surface area (Å²) in [6, 6.07) is -5.44. The molecule has 0 spiro atoms. The summed E-state index contributed by atoms with van der Waals surface area (Å²) < 4.78 is 16.8. The van der Waals surface area contributed by atoms with Crippen molar-refractivity contribution in [3.05, 3.63) is 38.4 Å². The summed E-state index contributed by atoms with van der Waals surface area (Å²) in [6.07, 6.45) is -1.53. The van der Waals surface area contributed by atoms with E-state index in [-0.39, 0.29) is 67.0 Å². The molecule has 0 aromatic heterocycles. The minimum absolute atomic E-state index is 0.00279. The number of benzene rings is 1. The van der Waals surface area contributed by atoms with E-state index in [1.807, 2.05) is 0 Å². The third kappa shape index (κ3) is 17.5. The van der Waals surface area contributed by atoms with Gasteiger partial charge in [0.15, 0.2) is 14.7 Å². The zero-order chi connectivity index (χ0) is 43.6. The topological polar surface area (TPSA) is 450 Å². The number of hydrogen-bond donors (Lipinski definition) is 12. The van der Waals surface area contributed by atoms with Crippen molar-refractivity contribution in [2.75, 3.05) is 25.0 Å². The molecule has 0 saturated heterocycles. The standard InChI is InChI=1S/C29H47N15O11/c1-14(39-25(49)16(30)13-38-17-7-6-15(43(52)53)12-21(17)44(54)55)24(48)41-19(5-3-11-37-29(34)35)26(50)42-20(8-9-22(45)46)27(51)40-18(23(31)47)4-2-10-36-28(32)33/h6-7,12,14,16,18-20,38H,2-5,8-11,13,30H2,1H3,(H2,31,47)(H,39,49)(H,40,51)(H,41,48)(H,42,50)(H,45,46)(H4,32,33,36)(H4,34,35,37)/t14-,16-,18-,19-,20+/m0/s1/i/hD2. The van der Waals surface area contributed by atoms with Crippen molar-refractivity contribution in [3.8, 4) is 0 Å². The number of rotatable bonds is 25. The minimum atomic E-state index is -1.84. The van der Waals surface area contributed by atoms with Gasteiger partial charge in [-0.1, -0.05) is 0 Å². The second kappa shape index (κ2) is 22.9. The molecule has 0 aliphatic carbocycles. The molecule has 5 amide bonds. The van der Waals surface area contributed by atoms with E-state index in [2.05, 4.69) is 25.9 Å². The Kier molecular flexibility index (Phi) is 17.7. The van der Waals surface area contributed by atoms with E-state index in [9.17, 15) is 54.1 Å². The van der Waals surface area contributed by atoms with E-state index in [0.29, 0.717) is 6.07 Å². The number of carbonyl (C=O) groups excluding carboxylic acids is 5. The average Bonchev–Trinajstić information content (AvgIpc) is 3.14. The number of carboxylic acids is 1. The number of nitro groups is 2. The molecule has 1 aromatic rings. The summed E-state index contributed by atoms with van der Waals surface area (Å²) in [5, 5.41) is 39.1. The Morgan fingerprint density at radius 1 is 0.800 bits per heavy atom. The van der Waals surface area contributed by atoms with Gasteiger partial charge in [0.1, 0.15) is 35.9 Å². The molecule has 26 heteroatoms. The molecule has 5 atom stereocenters. The van der Waals surface area contributed by atoms with Crippen LogP contribution in [0.15, 0.2) is 28.2 Å². The van der Waals surface area contributed by atoms with Gasteiger partial charge < -0.3 is 66.1 Å². The Balaban J connectivity index is 3.24. The van der Waals surface area contributed by atoms with Crippen LogP contribution in [0.2, 0.25) is 2.82 Å². The molecular formula is C29H47N15O11. The Morgan fingerprint density at radius 2 is 1.36 bits per heavy atom. The van der Waals surface area contributed by atoms with Crippen molar-refractivity contribution in [1.29, 1.82) is 0 Å². The number of nitrogens with two attached hydrogens (primary N) is 6. The fourth-order valence-electron chi connectivity index (χ4n) is 4.45. The number of hydrogen-bond acceptors (Lipinski definition) is 14. The molecule has 1 rings (SSSR count). The van der Waals surface area contributed by atoms with Gasteiger partial charge in [-0.15, -0.1) is 0 Å². The van der Waals surface area contributed by atoms with E-state index in [1.165, 1.54) is 0 Å². The number of amides is 5. The third-order valence-electron chi connectivity index (χ3n) is 7.30. The number of carboxylic acid groups (broad SMARTS) is 1. The highest BCUT2D eigenvalue weighted by molar-refractivity contribution is 5.96. The lowest BCUT2D eigenvalue weighted by molar-refractivity contribution is -0.393. The van der Waals surface area contributed by atoms with Crippen LogP contribution in [0.4, 0.5) is 17.1 Å². The van der Waals surface area contributed by atoms with Gasteiger partial charge in [0.25, 0.3) is 11.4 Å². The monoisotopic (exact) mass is 783 g/mol. The minimum Gasteiger partial charge on any atom is -0.481 e. The molecular weight excluding hydrogens is 734 g/mol. The van der Waals surface area contributed by atoms with Crippen molar-refractivity contribution in [3.63, 3.8) is 0 Å². The van der Waals surface area contributed by atoms with Gasteiger partial charge in [-0.05, 0) is 45.1 Å². The van der Waals surface area contributed by atoms with Gasteiger partial charge in [-0.2, -0.15) is 0 Å². The molecule has 18 N–H and O–H groups in total. The van der Waals surface area contributed by atoms with Crippen LogP contribution in [0.1, 0.15) is 45.4 Å². The van der Waals surface area contributed by atoms with Gasteiger partial charge in [0.05, 0.1) is 15.9 Å². The first kappa shape index (κ1) is 42.6. The van der Waals surface area contributed by atoms with Crippen molar-refractivity contribution >= 4 is 64.5 Å². The molecule has 0 saturated carbocycles. The summed E-state index contributed by atoms with van der Waals surface area (Å²) >= 11 is 0. The summed E-state index contributed by atoms with van der Waals surface area (Å²) in [5.41, 5.74) is 31.0. The number of primary amides is 1. The number of aliphatic imine (C=N–C) groups is 2. The van der Waals surface area contributed by atoms with Crippen molar-refractivity contribution in [2.45, 2.75) is 75.7 Å². The number of non-ortho nitro benzene ring substituents is 1. The van der Waals surface area contributed by atoms with Gasteiger partial charge >= 0.3 is 5.97 Å². The predicted octanol–water partition coefficient (Wildman–Crippen LogP) is -4.34. The number of aliphatic carboxylic acids is 1. The number of nitrogens with one attached hydrogen (secondary N) is 5. The largest absolute Gasteiger partial charge is 0.481 e. The van der Waals surface area contributed by atoms with Crippen LogP contribution in [0.3, 0.4) is 0 Å². The molecule has 0 aliphatic rings. The van der Waals surface area contributed by atoms with E-state index in [0.717, 1.165) is 19.1 Å². The van der Waals surface area contributed by atoms with Crippen LogP contribution in [-0.2, 0) is 28.8 Å². The van der Waals surface area contributed by atoms with Gasteiger partial charge in [-0.3, -0.25) is 59.0 Å². The lowest BCUT2D eigenvalue weighted by atomic mass is 10.1. The molecule has 55 heavy (non-hydrogen) atoms. The van der Waals surface area contributed by atoms with Gasteiger partial charge in [0, 0.05) is 32.1 Å². The summed E-state index contributed by atoms with van der Waals surface area (Å²) in [6.45, 7) is 0.537. The summed E-state index contributed by atoms with van der Waals surface area (Å²) in [5.74, 6) is -7.60. The van der Waals surface area contributed by atoms with E-state index < -0.39 is 106 Å². The summed E-state index contributed by atoms with van der Waals surface area (Å²) in [4.78, 5) is 105. The molecule has 0 fully saturated rings. The van der Waals surface area contributed by atoms with Crippen LogP contribution in [0, 0.1) is 20.2 Å². The van der Waals surface area contributed by atoms with Crippen molar-refractivity contribution < 1.29 is 46.5 Å². The second-order valence-electron chi connectivity index (χ2n) is 11.7. The number of anilines is 1. The number of nitrogens with zero attached hydrogens (tertiary/aromatic N) is 4. The highest BCUT2D eigenvalue weighted by Crippen LogP contribution is 2.28. The molecule has 26 nitrogen and oxygen atoms in total. The quantitative estimate of drug-likeness (QED) is 0.0147. The highest BCUT2D eigenvalue weighted by atomic mass is 16.6. The number of guanidine groups is 2.